The van der Waals surface area contributed by atoms with Gasteiger partial charge in [0.2, 0.25) is 0 Å². The van der Waals surface area contributed by atoms with E-state index in [1.54, 1.807) is 0 Å². The van der Waals surface area contributed by atoms with E-state index in [4.69, 9.17) is 9.47 Å². The zero-order valence-corrected chi connectivity index (χ0v) is 9.25. The Bertz CT molecular complexity index is 147. The van der Waals surface area contributed by atoms with Crippen molar-refractivity contribution in [2.75, 3.05) is 6.61 Å². The van der Waals surface area contributed by atoms with Gasteiger partial charge in [-0.25, -0.2) is 0 Å². The molecule has 0 aliphatic carbocycles. The second-order valence-corrected chi connectivity index (χ2v) is 3.98. The highest BCUT2D eigenvalue weighted by Crippen LogP contribution is 2.30. The maximum Gasteiger partial charge on any atom is 0.0884 e. The molecule has 4 atom stereocenters. The Kier molecular flexibility index (Phi) is 4.20. The number of rotatable bonds is 4. The van der Waals surface area contributed by atoms with Crippen LogP contribution in [-0.4, -0.2) is 24.9 Å². The molecular weight excluding hydrogens is 164 g/mol. The zero-order chi connectivity index (χ0) is 9.84. The van der Waals surface area contributed by atoms with E-state index >= 15 is 0 Å². The van der Waals surface area contributed by atoms with Gasteiger partial charge in [0.25, 0.3) is 0 Å². The van der Waals surface area contributed by atoms with Crippen LogP contribution in [0.3, 0.4) is 0 Å². The van der Waals surface area contributed by atoms with Crippen LogP contribution >= 0.6 is 0 Å². The molecule has 2 heteroatoms. The molecule has 1 saturated heterocycles. The van der Waals surface area contributed by atoms with E-state index in [1.165, 1.54) is 0 Å². The molecule has 0 aromatic rings. The molecule has 2 nitrogen and oxygen atoms in total. The van der Waals surface area contributed by atoms with Crippen LogP contribution in [0.1, 0.15) is 40.5 Å². The minimum atomic E-state index is 0.270. The molecule has 0 N–H and O–H groups in total. The smallest absolute Gasteiger partial charge is 0.0884 e. The van der Waals surface area contributed by atoms with Crippen molar-refractivity contribution in [3.05, 3.63) is 0 Å². The fourth-order valence-corrected chi connectivity index (χ4v) is 2.13. The van der Waals surface area contributed by atoms with Crippen LogP contribution in [0.2, 0.25) is 0 Å². The van der Waals surface area contributed by atoms with Crippen molar-refractivity contribution >= 4 is 0 Å². The first-order valence-corrected chi connectivity index (χ1v) is 5.47. The van der Waals surface area contributed by atoms with E-state index in [2.05, 4.69) is 27.7 Å². The fraction of sp³-hybridized carbons (Fsp3) is 1.00. The first-order valence-electron chi connectivity index (χ1n) is 5.47. The van der Waals surface area contributed by atoms with Crippen LogP contribution in [0.5, 0.6) is 0 Å². The van der Waals surface area contributed by atoms with Gasteiger partial charge in [0.1, 0.15) is 0 Å². The second kappa shape index (κ2) is 4.97. The lowest BCUT2D eigenvalue weighted by atomic mass is 9.97. The van der Waals surface area contributed by atoms with E-state index in [9.17, 15) is 0 Å². The number of ether oxygens (including phenoxy) is 2. The van der Waals surface area contributed by atoms with Gasteiger partial charge in [-0.1, -0.05) is 20.8 Å². The van der Waals surface area contributed by atoms with Gasteiger partial charge in [0.15, 0.2) is 0 Å². The first-order chi connectivity index (χ1) is 6.20. The van der Waals surface area contributed by atoms with Gasteiger partial charge < -0.3 is 9.47 Å². The quantitative estimate of drug-likeness (QED) is 0.672. The van der Waals surface area contributed by atoms with Crippen LogP contribution < -0.4 is 0 Å². The molecule has 1 aliphatic rings. The molecule has 0 amide bonds. The lowest BCUT2D eigenvalue weighted by Gasteiger charge is -2.19. The molecule has 78 valence electrons. The summed E-state index contributed by atoms with van der Waals surface area (Å²) in [4.78, 5) is 0. The summed E-state index contributed by atoms with van der Waals surface area (Å²) in [5.74, 6) is 0.548. The Morgan fingerprint density at radius 2 is 1.92 bits per heavy atom. The standard InChI is InChI=1S/C11H22O2/c1-5-7-12-11-8(3)10(6-2)13-9(11)4/h8-11H,5-7H2,1-4H3/t8?,9-,10+,11?/m0/s1. The molecule has 1 rings (SSSR count). The van der Waals surface area contributed by atoms with Gasteiger partial charge in [0, 0.05) is 12.5 Å². The molecule has 2 unspecified atom stereocenters. The Hall–Kier alpha value is -0.0800. The Morgan fingerprint density at radius 3 is 2.38 bits per heavy atom. The predicted molar refractivity (Wildman–Crippen MR) is 53.8 cm³/mol. The lowest BCUT2D eigenvalue weighted by molar-refractivity contribution is -0.0155. The molecule has 0 radical (unpaired) electrons. The van der Waals surface area contributed by atoms with Gasteiger partial charge in [0.05, 0.1) is 18.3 Å². The minimum Gasteiger partial charge on any atom is -0.375 e. The maximum absolute atomic E-state index is 5.81. The summed E-state index contributed by atoms with van der Waals surface area (Å²) >= 11 is 0. The monoisotopic (exact) mass is 186 g/mol. The number of hydrogen-bond donors (Lipinski definition) is 0. The van der Waals surface area contributed by atoms with E-state index < -0.39 is 0 Å². The molecule has 1 heterocycles. The summed E-state index contributed by atoms with van der Waals surface area (Å²) in [7, 11) is 0. The van der Waals surface area contributed by atoms with Gasteiger partial charge in [-0.05, 0) is 19.8 Å². The Balaban J connectivity index is 2.44. The van der Waals surface area contributed by atoms with E-state index in [-0.39, 0.29) is 6.10 Å². The summed E-state index contributed by atoms with van der Waals surface area (Å²) in [5, 5.41) is 0. The topological polar surface area (TPSA) is 18.5 Å². The third-order valence-electron chi connectivity index (χ3n) is 2.87. The molecule has 1 aliphatic heterocycles. The molecule has 0 aromatic heterocycles. The van der Waals surface area contributed by atoms with Gasteiger partial charge in [-0.2, -0.15) is 0 Å². The summed E-state index contributed by atoms with van der Waals surface area (Å²) in [5.41, 5.74) is 0. The summed E-state index contributed by atoms with van der Waals surface area (Å²) in [6, 6.07) is 0. The Morgan fingerprint density at radius 1 is 1.23 bits per heavy atom. The molecule has 0 saturated carbocycles. The van der Waals surface area contributed by atoms with Crippen LogP contribution in [0, 0.1) is 5.92 Å². The lowest BCUT2D eigenvalue weighted by Crippen LogP contribution is -2.27. The van der Waals surface area contributed by atoms with Crippen molar-refractivity contribution in [1.82, 2.24) is 0 Å². The van der Waals surface area contributed by atoms with E-state index in [1.807, 2.05) is 0 Å². The van der Waals surface area contributed by atoms with Crippen molar-refractivity contribution in [3.8, 4) is 0 Å². The molecule has 1 fully saturated rings. The largest absolute Gasteiger partial charge is 0.375 e. The van der Waals surface area contributed by atoms with Crippen molar-refractivity contribution in [2.24, 2.45) is 5.92 Å². The van der Waals surface area contributed by atoms with E-state index in [0.29, 0.717) is 18.1 Å². The summed E-state index contributed by atoms with van der Waals surface area (Å²) in [6.45, 7) is 9.53. The van der Waals surface area contributed by atoms with Gasteiger partial charge in [-0.15, -0.1) is 0 Å². The van der Waals surface area contributed by atoms with Crippen LogP contribution in [0.15, 0.2) is 0 Å². The normalized spacial score (nSPS) is 39.7. The van der Waals surface area contributed by atoms with Crippen molar-refractivity contribution < 1.29 is 9.47 Å². The average Bonchev–Trinajstić information content (AvgIpc) is 2.39. The summed E-state index contributed by atoms with van der Waals surface area (Å²) in [6.07, 6.45) is 3.16. The molecule has 0 aromatic carbocycles. The van der Waals surface area contributed by atoms with Gasteiger partial charge in [-0.3, -0.25) is 0 Å². The van der Waals surface area contributed by atoms with Crippen molar-refractivity contribution in [3.63, 3.8) is 0 Å². The molecule has 0 spiro atoms. The SMILES string of the molecule is CCCOC1C(C)[C@@H](CC)O[C@H]1C. The predicted octanol–water partition coefficient (Wildman–Crippen LogP) is 2.62. The van der Waals surface area contributed by atoms with Crippen LogP contribution in [0.25, 0.3) is 0 Å². The minimum absolute atomic E-state index is 0.270. The van der Waals surface area contributed by atoms with Crippen molar-refractivity contribution in [1.29, 1.82) is 0 Å². The average molecular weight is 186 g/mol. The van der Waals surface area contributed by atoms with Gasteiger partial charge >= 0.3 is 0 Å². The second-order valence-electron chi connectivity index (χ2n) is 3.98. The first kappa shape index (κ1) is 11.0. The third-order valence-corrected chi connectivity index (χ3v) is 2.87. The highest BCUT2D eigenvalue weighted by Gasteiger charge is 2.38. The van der Waals surface area contributed by atoms with Crippen molar-refractivity contribution in [2.45, 2.75) is 58.8 Å². The molecule has 0 bridgehead atoms. The third kappa shape index (κ3) is 2.44. The molecular formula is C11H22O2. The summed E-state index contributed by atoms with van der Waals surface area (Å²) < 4.78 is 11.6. The van der Waals surface area contributed by atoms with Crippen LogP contribution in [-0.2, 0) is 9.47 Å². The fourth-order valence-electron chi connectivity index (χ4n) is 2.13. The highest BCUT2D eigenvalue weighted by molar-refractivity contribution is 4.86. The number of hydrogen-bond acceptors (Lipinski definition) is 2. The maximum atomic E-state index is 5.81. The Labute approximate surface area is 81.6 Å². The molecule has 13 heavy (non-hydrogen) atoms. The zero-order valence-electron chi connectivity index (χ0n) is 9.25. The highest BCUT2D eigenvalue weighted by atomic mass is 16.6. The van der Waals surface area contributed by atoms with Crippen LogP contribution in [0.4, 0.5) is 0 Å². The van der Waals surface area contributed by atoms with E-state index in [0.717, 1.165) is 19.4 Å².